The van der Waals surface area contributed by atoms with Crippen molar-refractivity contribution in [2.75, 3.05) is 5.75 Å². The molecule has 2 aliphatic rings. The monoisotopic (exact) mass is 519 g/mol. The molecule has 0 radical (unpaired) electrons. The Kier molecular flexibility index (Phi) is 5.41. The third kappa shape index (κ3) is 3.58. The van der Waals surface area contributed by atoms with Crippen molar-refractivity contribution in [1.82, 2.24) is 23.4 Å². The van der Waals surface area contributed by atoms with Gasteiger partial charge in [-0.25, -0.2) is 18.4 Å². The molecule has 2 bridgehead atoms. The smallest absolute Gasteiger partial charge is 0.215 e. The summed E-state index contributed by atoms with van der Waals surface area (Å²) >= 11 is 0. The molecule has 0 N–H and O–H groups in total. The van der Waals surface area contributed by atoms with Gasteiger partial charge in [-0.1, -0.05) is 38.1 Å². The summed E-state index contributed by atoms with van der Waals surface area (Å²) in [4.78, 5) is 22.7. The summed E-state index contributed by atoms with van der Waals surface area (Å²) in [6.45, 7) is 4.36. The number of nitrogens with zero attached hydrogens (tertiary/aromatic N) is 5. The highest BCUT2D eigenvalue weighted by Gasteiger charge is 2.65. The van der Waals surface area contributed by atoms with Crippen molar-refractivity contribution in [3.8, 4) is 0 Å². The molecule has 0 spiro atoms. The fourth-order valence-corrected chi connectivity index (χ4v) is 8.86. The zero-order valence-corrected chi connectivity index (χ0v) is 22.6. The molecular weight excluding hydrogens is 486 g/mol. The molecule has 8 nitrogen and oxygen atoms in total. The number of para-hydroxylation sites is 4. The van der Waals surface area contributed by atoms with Gasteiger partial charge in [-0.2, -0.15) is 4.31 Å². The van der Waals surface area contributed by atoms with Gasteiger partial charge in [0.1, 0.15) is 17.4 Å². The summed E-state index contributed by atoms with van der Waals surface area (Å²) in [6, 6.07) is 15.6. The van der Waals surface area contributed by atoms with Crippen molar-refractivity contribution in [1.29, 1.82) is 0 Å². The number of sulfonamides is 1. The van der Waals surface area contributed by atoms with Gasteiger partial charge < -0.3 is 9.13 Å². The van der Waals surface area contributed by atoms with Crippen LogP contribution in [0.25, 0.3) is 22.1 Å². The lowest BCUT2D eigenvalue weighted by Crippen LogP contribution is -2.46. The number of hydrogen-bond donors (Lipinski definition) is 0. The van der Waals surface area contributed by atoms with Crippen LogP contribution in [0.3, 0.4) is 0 Å². The fourth-order valence-electron chi connectivity index (χ4n) is 6.75. The van der Waals surface area contributed by atoms with E-state index in [4.69, 9.17) is 9.97 Å². The first-order chi connectivity index (χ1) is 17.5. The van der Waals surface area contributed by atoms with E-state index in [1.54, 1.807) is 0 Å². The minimum atomic E-state index is -3.85. The van der Waals surface area contributed by atoms with Crippen LogP contribution in [0.5, 0.6) is 0 Å². The maximum Gasteiger partial charge on any atom is 0.215 e. The molecule has 2 aromatic carbocycles. The molecule has 194 valence electrons. The normalized spacial score (nSPS) is 23.2. The van der Waals surface area contributed by atoms with E-state index in [2.05, 4.69) is 13.8 Å². The summed E-state index contributed by atoms with van der Waals surface area (Å²) in [7, 11) is -0.0304. The molecule has 2 aliphatic carbocycles. The van der Waals surface area contributed by atoms with Gasteiger partial charge in [0.15, 0.2) is 0 Å². The number of carbonyl (C=O) groups excluding carboxylic acids is 1. The van der Waals surface area contributed by atoms with E-state index >= 15 is 0 Å². The highest BCUT2D eigenvalue weighted by atomic mass is 32.2. The van der Waals surface area contributed by atoms with Crippen LogP contribution in [-0.2, 0) is 42.0 Å². The molecule has 2 fully saturated rings. The van der Waals surface area contributed by atoms with Crippen LogP contribution in [0, 0.1) is 16.7 Å². The van der Waals surface area contributed by atoms with Gasteiger partial charge in [0.05, 0.1) is 40.9 Å². The second-order valence-electron chi connectivity index (χ2n) is 11.3. The number of fused-ring (bicyclic) bond motifs is 4. The molecule has 0 amide bonds. The molecule has 0 saturated heterocycles. The molecule has 2 aromatic heterocycles. The number of aryl methyl sites for hydroxylation is 2. The second kappa shape index (κ2) is 8.23. The standard InChI is InChI=1S/C28H33N5O3S/c1-27(2)19-13-14-28(27,24(34)15-19)18-37(35,36)33(16-25-29-20-9-5-7-11-22(20)31(25)3)17-26-30-21-10-6-8-12-23(21)32(26)4/h5-12,19H,13-18H2,1-4H3/t19-,28-/m1/s1. The Balaban J connectivity index is 1.42. The minimum Gasteiger partial charge on any atom is -0.330 e. The van der Waals surface area contributed by atoms with Crippen molar-refractivity contribution in [3.63, 3.8) is 0 Å². The molecule has 2 heterocycles. The van der Waals surface area contributed by atoms with Crippen molar-refractivity contribution >= 4 is 37.9 Å². The van der Waals surface area contributed by atoms with Gasteiger partial charge in [-0.3, -0.25) is 4.79 Å². The Bertz CT molecular complexity index is 1570. The van der Waals surface area contributed by atoms with Gasteiger partial charge in [0, 0.05) is 25.9 Å². The summed E-state index contributed by atoms with van der Waals surface area (Å²) in [5.41, 5.74) is 2.36. The average Bonchev–Trinajstić information content (AvgIpc) is 3.49. The summed E-state index contributed by atoms with van der Waals surface area (Å²) < 4.78 is 33.9. The third-order valence-corrected chi connectivity index (χ3v) is 11.3. The van der Waals surface area contributed by atoms with E-state index in [-0.39, 0.29) is 36.0 Å². The van der Waals surface area contributed by atoms with E-state index in [0.717, 1.165) is 28.5 Å². The van der Waals surface area contributed by atoms with Crippen LogP contribution in [0.2, 0.25) is 0 Å². The number of carbonyl (C=O) groups is 1. The van der Waals surface area contributed by atoms with E-state index in [9.17, 15) is 13.2 Å². The highest BCUT2D eigenvalue weighted by molar-refractivity contribution is 7.89. The number of hydrogen-bond acceptors (Lipinski definition) is 5. The lowest BCUT2D eigenvalue weighted by atomic mass is 9.70. The molecule has 9 heteroatoms. The van der Waals surface area contributed by atoms with Crippen LogP contribution in [0.15, 0.2) is 48.5 Å². The van der Waals surface area contributed by atoms with Crippen molar-refractivity contribution in [2.24, 2.45) is 30.8 Å². The molecule has 37 heavy (non-hydrogen) atoms. The number of benzene rings is 2. The first-order valence-corrected chi connectivity index (χ1v) is 14.5. The highest BCUT2D eigenvalue weighted by Crippen LogP contribution is 2.64. The minimum absolute atomic E-state index is 0.0998. The lowest BCUT2D eigenvalue weighted by molar-refractivity contribution is -0.128. The Morgan fingerprint density at radius 3 is 1.86 bits per heavy atom. The average molecular weight is 520 g/mol. The Hall–Kier alpha value is -3.04. The van der Waals surface area contributed by atoms with Crippen LogP contribution in [0.1, 0.15) is 44.8 Å². The zero-order valence-electron chi connectivity index (χ0n) is 21.8. The number of Topliss-reactive ketones (excluding diaryl/α,β-unsaturated/α-hetero) is 1. The second-order valence-corrected chi connectivity index (χ2v) is 13.3. The van der Waals surface area contributed by atoms with E-state index < -0.39 is 15.4 Å². The molecule has 0 aliphatic heterocycles. The lowest BCUT2D eigenvalue weighted by Gasteiger charge is -2.37. The van der Waals surface area contributed by atoms with Crippen molar-refractivity contribution < 1.29 is 13.2 Å². The Labute approximate surface area is 217 Å². The Morgan fingerprint density at radius 1 is 0.919 bits per heavy atom. The van der Waals surface area contributed by atoms with Crippen LogP contribution >= 0.6 is 0 Å². The van der Waals surface area contributed by atoms with Crippen molar-refractivity contribution in [2.45, 2.75) is 46.2 Å². The van der Waals surface area contributed by atoms with Crippen molar-refractivity contribution in [3.05, 3.63) is 60.2 Å². The summed E-state index contributed by atoms with van der Waals surface area (Å²) in [6.07, 6.45) is 2.02. The van der Waals surface area contributed by atoms with Gasteiger partial charge >= 0.3 is 0 Å². The molecule has 2 saturated carbocycles. The molecular formula is C28H33N5O3S. The van der Waals surface area contributed by atoms with E-state index in [1.807, 2.05) is 71.8 Å². The molecule has 4 aromatic rings. The van der Waals surface area contributed by atoms with Gasteiger partial charge in [-0.15, -0.1) is 0 Å². The first-order valence-electron chi connectivity index (χ1n) is 12.9. The van der Waals surface area contributed by atoms with Crippen LogP contribution < -0.4 is 0 Å². The van der Waals surface area contributed by atoms with Gasteiger partial charge in [-0.05, 0) is 48.4 Å². The predicted molar refractivity (Wildman–Crippen MR) is 143 cm³/mol. The maximum absolute atomic E-state index is 14.3. The quantitative estimate of drug-likeness (QED) is 0.365. The molecule has 6 rings (SSSR count). The number of aromatic nitrogens is 4. The topological polar surface area (TPSA) is 90.1 Å². The van der Waals surface area contributed by atoms with Crippen LogP contribution in [-0.4, -0.2) is 43.4 Å². The number of rotatable bonds is 7. The molecule has 2 atom stereocenters. The maximum atomic E-state index is 14.3. The van der Waals surface area contributed by atoms with E-state index in [0.29, 0.717) is 24.5 Å². The number of imidazole rings is 2. The SMILES string of the molecule is Cn1c(CN(Cc2nc3ccccc3n2C)S(=O)(=O)C[C@]23CC[C@H](CC2=O)C3(C)C)nc2ccccc21. The van der Waals surface area contributed by atoms with E-state index in [1.165, 1.54) is 4.31 Å². The number of ketones is 1. The van der Waals surface area contributed by atoms with Gasteiger partial charge in [0.25, 0.3) is 0 Å². The third-order valence-electron chi connectivity index (χ3n) is 9.36. The fraction of sp³-hybridized carbons (Fsp3) is 0.464. The van der Waals surface area contributed by atoms with Crippen LogP contribution in [0.4, 0.5) is 0 Å². The zero-order chi connectivity index (χ0) is 26.2. The summed E-state index contributed by atoms with van der Waals surface area (Å²) in [5.74, 6) is 1.49. The summed E-state index contributed by atoms with van der Waals surface area (Å²) in [5, 5.41) is 0. The largest absolute Gasteiger partial charge is 0.330 e. The predicted octanol–water partition coefficient (Wildman–Crippen LogP) is 4.19. The Morgan fingerprint density at radius 2 is 1.43 bits per heavy atom. The van der Waals surface area contributed by atoms with Gasteiger partial charge in [0.2, 0.25) is 10.0 Å². The first kappa shape index (κ1) is 24.3. The molecule has 0 unspecified atom stereocenters.